The predicted octanol–water partition coefficient (Wildman–Crippen LogP) is -9.99. The Morgan fingerprint density at radius 1 is 0.612 bits per heavy atom. The van der Waals surface area contributed by atoms with Crippen molar-refractivity contribution in [3.63, 3.8) is 0 Å². The van der Waals surface area contributed by atoms with Crippen molar-refractivity contribution in [1.29, 1.82) is 10.8 Å². The number of anilines is 1. The summed E-state index contributed by atoms with van der Waals surface area (Å²) in [6, 6.07) is 7.77. The van der Waals surface area contributed by atoms with Crippen molar-refractivity contribution in [3.05, 3.63) is 95.6 Å². The second-order valence-corrected chi connectivity index (χ2v) is 24.7. The van der Waals surface area contributed by atoms with Crippen LogP contribution in [-0.4, -0.2) is 306 Å². The van der Waals surface area contributed by atoms with Gasteiger partial charge in [0.05, 0.1) is 45.1 Å². The van der Waals surface area contributed by atoms with Gasteiger partial charge in [0, 0.05) is 30.8 Å². The topological polar surface area (TPSA) is 560 Å². The number of fused-ring (bicyclic) bond motifs is 1. The maximum Gasteiger partial charge on any atom is 0.247 e. The molecule has 0 radical (unpaired) electrons. The van der Waals surface area contributed by atoms with E-state index in [9.17, 15) is 80.5 Å². The zero-order valence-electron chi connectivity index (χ0n) is 52.7. The molecule has 6 amide bonds. The van der Waals surface area contributed by atoms with Crippen LogP contribution in [0.15, 0.2) is 78.9 Å². The standard InChI is InChI=1S/C61H82N12O25/c1-24-7-6-10-28(15-24)72-25(2)51(87)67-30(16-26-11-13-29(14-12-26)93-58-47(85)44(82)49(35(22-76)95-58)98-59-48(86)45(83)50-36(96-59)23-92-57(97-50)27-8-4-3-5-9-27)53(89)70-38(40(78)31-17-65-60(62)69-31)55(91)71-39(54(90)68-32(20-74)52(88)64-19-37(72)77)41(79)33-18-66-61(63)73(33)56-46(84)43(81)42(80)34(21-75)94-56/h3-15,25,30-36,38-50,56-59,74-76,78-86H,16-23H2,1-2H3,(H2,63,66)(H,64,88)(H,67,87)(H,68,90)(H,70,89)(H,71,91)(H3,62,65,69). The highest BCUT2D eigenvalue weighted by Crippen LogP contribution is 2.37. The third-order valence-corrected chi connectivity index (χ3v) is 18.0. The molecule has 7 aliphatic rings. The van der Waals surface area contributed by atoms with Gasteiger partial charge in [-0.1, -0.05) is 54.6 Å². The molecule has 25 atom stereocenters. The number of hydrogen-bond donors (Lipinski definition) is 22. The minimum Gasteiger partial charge on any atom is -0.462 e. The Kier molecular flexibility index (Phi) is 23.4. The first kappa shape index (κ1) is 72.8. The number of aliphatic hydroxyl groups is 12. The molecule has 0 aliphatic carbocycles. The molecule has 0 aromatic heterocycles. The van der Waals surface area contributed by atoms with E-state index in [-0.39, 0.29) is 36.1 Å². The van der Waals surface area contributed by atoms with Gasteiger partial charge in [0.15, 0.2) is 30.7 Å². The molecule has 25 unspecified atom stereocenters. The molecule has 7 heterocycles. The smallest absolute Gasteiger partial charge is 0.247 e. The van der Waals surface area contributed by atoms with E-state index in [1.165, 1.54) is 43.3 Å². The Bertz CT molecular complexity index is 3330. The number of nitrogens with one attached hydrogen (secondary N) is 10. The van der Waals surface area contributed by atoms with Crippen LogP contribution in [0.2, 0.25) is 0 Å². The number of guanidine groups is 2. The Hall–Kier alpha value is -7.90. The van der Waals surface area contributed by atoms with Crippen molar-refractivity contribution in [1.82, 2.24) is 47.4 Å². The van der Waals surface area contributed by atoms with E-state index >= 15 is 9.59 Å². The molecule has 10 rings (SSSR count). The zero-order valence-corrected chi connectivity index (χ0v) is 52.7. The molecule has 0 bridgehead atoms. The molecule has 3 aromatic rings. The Balaban J connectivity index is 0.915. The average molecular weight is 1380 g/mol. The van der Waals surface area contributed by atoms with Gasteiger partial charge >= 0.3 is 0 Å². The lowest BCUT2D eigenvalue weighted by molar-refractivity contribution is -0.383. The first-order valence-electron chi connectivity index (χ1n) is 31.5. The minimum atomic E-state index is -2.36. The number of aryl methyl sites for hydroxylation is 1. The first-order valence-corrected chi connectivity index (χ1v) is 31.5. The summed E-state index contributed by atoms with van der Waals surface area (Å²) in [6.45, 7) is -1.67. The number of carbonyl (C=O) groups is 6. The molecule has 536 valence electrons. The van der Waals surface area contributed by atoms with Gasteiger partial charge in [0.1, 0.15) is 121 Å². The van der Waals surface area contributed by atoms with E-state index in [0.717, 1.165) is 9.80 Å². The van der Waals surface area contributed by atoms with Gasteiger partial charge in [0.2, 0.25) is 41.7 Å². The highest BCUT2D eigenvalue weighted by molar-refractivity contribution is 6.04. The van der Waals surface area contributed by atoms with Gasteiger partial charge in [-0.05, 0) is 49.2 Å². The average Bonchev–Trinajstić information content (AvgIpc) is 1.31. The second kappa shape index (κ2) is 31.5. The lowest BCUT2D eigenvalue weighted by Gasteiger charge is -2.48. The number of hydrogen-bond acceptors (Lipinski definition) is 27. The van der Waals surface area contributed by atoms with Crippen LogP contribution in [0.1, 0.15) is 29.9 Å². The van der Waals surface area contributed by atoms with Crippen LogP contribution in [0.5, 0.6) is 5.75 Å². The zero-order chi connectivity index (χ0) is 70.5. The Morgan fingerprint density at radius 2 is 1.29 bits per heavy atom. The summed E-state index contributed by atoms with van der Waals surface area (Å²) < 4.78 is 41.2. The molecule has 37 heteroatoms. The van der Waals surface area contributed by atoms with Crippen molar-refractivity contribution in [2.24, 2.45) is 0 Å². The molecule has 22 N–H and O–H groups in total. The van der Waals surface area contributed by atoms with Crippen molar-refractivity contribution >= 4 is 53.0 Å². The van der Waals surface area contributed by atoms with E-state index in [2.05, 4.69) is 42.5 Å². The monoisotopic (exact) mass is 1380 g/mol. The Labute approximate surface area is 558 Å². The molecule has 7 fully saturated rings. The number of amides is 6. The summed E-state index contributed by atoms with van der Waals surface area (Å²) in [6.07, 6.45) is -30.7. The number of ether oxygens (including phenoxy) is 7. The quantitative estimate of drug-likeness (QED) is 0.0633. The lowest BCUT2D eigenvalue weighted by Crippen LogP contribution is -2.69. The summed E-state index contributed by atoms with van der Waals surface area (Å²) in [5.41, 5.74) is 1.62. The van der Waals surface area contributed by atoms with Gasteiger partial charge in [-0.15, -0.1) is 0 Å². The van der Waals surface area contributed by atoms with Gasteiger partial charge in [-0.3, -0.25) is 44.5 Å². The summed E-state index contributed by atoms with van der Waals surface area (Å²) in [5, 5.41) is 170. The fraction of sp³-hybridized carbons (Fsp3) is 0.574. The van der Waals surface area contributed by atoms with Crippen LogP contribution < -0.4 is 52.2 Å². The molecular formula is C61H82N12O25. The van der Waals surface area contributed by atoms with Crippen LogP contribution in [0.3, 0.4) is 0 Å². The lowest BCUT2D eigenvalue weighted by atomic mass is 9.95. The highest BCUT2D eigenvalue weighted by Gasteiger charge is 2.56. The van der Waals surface area contributed by atoms with E-state index in [4.69, 9.17) is 44.0 Å². The molecular weight excluding hydrogens is 1300 g/mol. The van der Waals surface area contributed by atoms with Gasteiger partial charge < -0.3 is 142 Å². The molecule has 0 spiro atoms. The first-order chi connectivity index (χ1) is 46.8. The second-order valence-electron chi connectivity index (χ2n) is 24.7. The number of carbonyl (C=O) groups excluding carboxylic acids is 6. The minimum absolute atomic E-state index is 0.0469. The third-order valence-electron chi connectivity index (χ3n) is 18.0. The Morgan fingerprint density at radius 3 is 1.96 bits per heavy atom. The van der Waals surface area contributed by atoms with E-state index in [1.807, 2.05) is 0 Å². The molecule has 7 saturated heterocycles. The largest absolute Gasteiger partial charge is 0.462 e. The molecule has 37 nitrogen and oxygen atoms in total. The summed E-state index contributed by atoms with van der Waals surface area (Å²) in [4.78, 5) is 89.8. The summed E-state index contributed by atoms with van der Waals surface area (Å²) in [7, 11) is 0. The van der Waals surface area contributed by atoms with Crippen molar-refractivity contribution in [2.75, 3.05) is 51.0 Å². The normalized spacial score (nSPS) is 36.9. The number of nitrogens with zero attached hydrogens (tertiary/aromatic N) is 2. The molecule has 0 saturated carbocycles. The number of aliphatic hydroxyl groups excluding tert-OH is 12. The fourth-order valence-electron chi connectivity index (χ4n) is 12.6. The molecule has 98 heavy (non-hydrogen) atoms. The van der Waals surface area contributed by atoms with Crippen LogP contribution in [0, 0.1) is 17.7 Å². The van der Waals surface area contributed by atoms with E-state index in [1.54, 1.807) is 49.4 Å². The highest BCUT2D eigenvalue weighted by atomic mass is 16.8. The van der Waals surface area contributed by atoms with Crippen molar-refractivity contribution < 1.29 is 123 Å². The molecule has 3 aromatic carbocycles. The van der Waals surface area contributed by atoms with Crippen LogP contribution in [0.25, 0.3) is 0 Å². The summed E-state index contributed by atoms with van der Waals surface area (Å²) in [5.74, 6) is -8.24. The summed E-state index contributed by atoms with van der Waals surface area (Å²) >= 11 is 0. The van der Waals surface area contributed by atoms with Crippen LogP contribution >= 0.6 is 0 Å². The maximum absolute atomic E-state index is 15.1. The fourth-order valence-corrected chi connectivity index (χ4v) is 12.6. The molecule has 7 aliphatic heterocycles. The van der Waals surface area contributed by atoms with Gasteiger partial charge in [-0.25, -0.2) is 0 Å². The maximum atomic E-state index is 15.1. The van der Waals surface area contributed by atoms with Crippen molar-refractivity contribution in [3.8, 4) is 5.75 Å². The van der Waals surface area contributed by atoms with Gasteiger partial charge in [0.25, 0.3) is 0 Å². The van der Waals surface area contributed by atoms with Gasteiger partial charge in [-0.2, -0.15) is 0 Å². The SMILES string of the molecule is Cc1cccc(N2C(=O)CNC(=O)C(CO)NC(=O)C(C(O)C3CNC(=N)N3C3OC(CO)C(O)C(O)C3O)NC(=O)C(C(O)C3CNC(=N)N3)NC(=O)C(Cc3ccc(OC4OC(CO)C(OC5OC6COC(c7ccccc7)OC6C(O)C5O)C(O)C4O)cc3)NC(=O)C2C)c1. The number of rotatable bonds is 16. The third kappa shape index (κ3) is 15.7. The van der Waals surface area contributed by atoms with Crippen LogP contribution in [0.4, 0.5) is 5.69 Å². The van der Waals surface area contributed by atoms with Crippen molar-refractivity contribution in [2.45, 2.75) is 173 Å². The van der Waals surface area contributed by atoms with Crippen LogP contribution in [-0.2, 0) is 63.6 Å². The van der Waals surface area contributed by atoms with E-state index < -0.39 is 234 Å². The van der Waals surface area contributed by atoms with E-state index in [0.29, 0.717) is 11.1 Å². The predicted molar refractivity (Wildman–Crippen MR) is 330 cm³/mol. The number of benzene rings is 3.